The van der Waals surface area contributed by atoms with E-state index in [4.69, 9.17) is 4.43 Å². The number of ketones is 1. The van der Waals surface area contributed by atoms with Crippen molar-refractivity contribution in [1.29, 1.82) is 0 Å². The molecule has 3 aromatic carbocycles. The molecule has 3 aromatic rings. The molecule has 34 heavy (non-hydrogen) atoms. The van der Waals surface area contributed by atoms with Crippen molar-refractivity contribution >= 4 is 24.5 Å². The highest BCUT2D eigenvalue weighted by atomic mass is 28.4. The van der Waals surface area contributed by atoms with Crippen molar-refractivity contribution in [2.45, 2.75) is 59.1 Å². The van der Waals surface area contributed by atoms with Gasteiger partial charge in [0.2, 0.25) is 0 Å². The maximum absolute atomic E-state index is 12.8. The van der Waals surface area contributed by atoms with Crippen LogP contribution in [-0.2, 0) is 10.8 Å². The summed E-state index contributed by atoms with van der Waals surface area (Å²) >= 11 is 0. The van der Waals surface area contributed by atoms with Gasteiger partial charge in [-0.25, -0.2) is 0 Å². The summed E-state index contributed by atoms with van der Waals surface area (Å²) in [5.41, 5.74) is 4.76. The molecular formula is C30H36O3Si. The molecule has 3 nitrogen and oxygen atoms in total. The first kappa shape index (κ1) is 24.6. The fourth-order valence-electron chi connectivity index (χ4n) is 5.71. The Morgan fingerprint density at radius 1 is 0.941 bits per heavy atom. The zero-order valence-electron chi connectivity index (χ0n) is 21.2. The summed E-state index contributed by atoms with van der Waals surface area (Å²) in [4.78, 5) is 12.8. The van der Waals surface area contributed by atoms with Crippen LogP contribution in [-0.4, -0.2) is 25.8 Å². The molecule has 0 amide bonds. The molecule has 0 saturated carbocycles. The first-order valence-electron chi connectivity index (χ1n) is 12.2. The summed E-state index contributed by atoms with van der Waals surface area (Å²) in [6.07, 6.45) is 0.0232. The smallest absolute Gasteiger partial charge is 0.261 e. The quantitative estimate of drug-likeness (QED) is 0.496. The number of benzene rings is 3. The van der Waals surface area contributed by atoms with E-state index < -0.39 is 14.4 Å². The third-order valence-electron chi connectivity index (χ3n) is 7.50. The molecule has 0 saturated heterocycles. The maximum atomic E-state index is 12.8. The summed E-state index contributed by atoms with van der Waals surface area (Å²) < 4.78 is 7.07. The normalized spacial score (nSPS) is 18.3. The topological polar surface area (TPSA) is 46.5 Å². The highest BCUT2D eigenvalue weighted by molar-refractivity contribution is 6.99. The number of Topliss-reactive ketones (excluding diaryl/α,β-unsaturated/α-hetero) is 1. The minimum Gasteiger partial charge on any atom is -0.407 e. The van der Waals surface area contributed by atoms with E-state index in [1.165, 1.54) is 10.4 Å². The number of aliphatic hydroxyl groups is 1. The summed E-state index contributed by atoms with van der Waals surface area (Å²) in [5, 5.41) is 13.0. The fourth-order valence-corrected chi connectivity index (χ4v) is 10.3. The molecule has 1 N–H and O–H groups in total. The van der Waals surface area contributed by atoms with E-state index in [1.54, 1.807) is 0 Å². The molecule has 1 aliphatic carbocycles. The van der Waals surface area contributed by atoms with Crippen molar-refractivity contribution in [2.24, 2.45) is 5.92 Å². The van der Waals surface area contributed by atoms with Crippen molar-refractivity contribution in [2.75, 3.05) is 6.61 Å². The molecule has 178 valence electrons. The van der Waals surface area contributed by atoms with Crippen molar-refractivity contribution in [3.63, 3.8) is 0 Å². The monoisotopic (exact) mass is 472 g/mol. The highest BCUT2D eigenvalue weighted by Crippen LogP contribution is 2.40. The van der Waals surface area contributed by atoms with Gasteiger partial charge in [-0.15, -0.1) is 0 Å². The average Bonchev–Trinajstić information content (AvgIpc) is 3.02. The fraction of sp³-hybridized carbons (Fsp3) is 0.367. The molecule has 0 fully saturated rings. The molecule has 2 atom stereocenters. The SMILES string of the molecule is Cc1cc2c(c(C)c1CCO[Si](c1ccccc1)(c1ccccc1)C(C)(C)C)C(=O)[C@H](C)[C@@H]2O. The summed E-state index contributed by atoms with van der Waals surface area (Å²) in [7, 11) is -2.60. The second-order valence-electron chi connectivity index (χ2n) is 10.6. The van der Waals surface area contributed by atoms with Crippen LogP contribution in [0.2, 0.25) is 5.04 Å². The predicted octanol–water partition coefficient (Wildman–Crippen LogP) is 5.29. The molecule has 4 heteroatoms. The van der Waals surface area contributed by atoms with E-state index >= 15 is 0 Å². The maximum Gasteiger partial charge on any atom is 0.261 e. The van der Waals surface area contributed by atoms with E-state index in [-0.39, 0.29) is 16.7 Å². The standard InChI is InChI=1S/C30H36O3Si/c1-20-19-26-27(29(32)22(3)28(26)31)21(2)25(20)17-18-33-34(30(4,5)6,23-13-9-7-10-14-23)24-15-11-8-12-16-24/h7-16,19,22,28,31H,17-18H2,1-6H3/t22-,28+/m1/s1. The van der Waals surface area contributed by atoms with Gasteiger partial charge in [-0.3, -0.25) is 4.79 Å². The Balaban J connectivity index is 1.72. The van der Waals surface area contributed by atoms with Crippen LogP contribution >= 0.6 is 0 Å². The minimum atomic E-state index is -2.60. The summed E-state index contributed by atoms with van der Waals surface area (Å²) in [5.74, 6) is -0.328. The first-order valence-corrected chi connectivity index (χ1v) is 14.1. The van der Waals surface area contributed by atoms with Gasteiger partial charge in [-0.2, -0.15) is 0 Å². The van der Waals surface area contributed by atoms with Crippen LogP contribution in [0.5, 0.6) is 0 Å². The lowest BCUT2D eigenvalue weighted by atomic mass is 9.92. The van der Waals surface area contributed by atoms with E-state index in [0.717, 1.165) is 28.7 Å². The van der Waals surface area contributed by atoms with Crippen molar-refractivity contribution < 1.29 is 14.3 Å². The van der Waals surface area contributed by atoms with Crippen molar-refractivity contribution in [3.05, 3.63) is 94.5 Å². The van der Waals surface area contributed by atoms with Gasteiger partial charge in [0, 0.05) is 18.1 Å². The Kier molecular flexibility index (Phi) is 6.69. The number of hydrogen-bond acceptors (Lipinski definition) is 3. The van der Waals surface area contributed by atoms with Crippen LogP contribution in [0, 0.1) is 19.8 Å². The Morgan fingerprint density at radius 3 is 1.97 bits per heavy atom. The highest BCUT2D eigenvalue weighted by Gasteiger charge is 2.50. The molecule has 0 aliphatic heterocycles. The van der Waals surface area contributed by atoms with E-state index in [9.17, 15) is 9.90 Å². The number of aryl methyl sites for hydroxylation is 1. The van der Waals surface area contributed by atoms with Crippen molar-refractivity contribution in [3.8, 4) is 0 Å². The van der Waals surface area contributed by atoms with Crippen LogP contribution in [0.25, 0.3) is 0 Å². The zero-order chi connectivity index (χ0) is 24.7. The molecule has 0 spiro atoms. The van der Waals surface area contributed by atoms with Gasteiger partial charge in [-0.05, 0) is 57.9 Å². The van der Waals surface area contributed by atoms with Gasteiger partial charge in [-0.1, -0.05) is 94.4 Å². The summed E-state index contributed by atoms with van der Waals surface area (Å²) in [6, 6.07) is 23.3. The van der Waals surface area contributed by atoms with Gasteiger partial charge < -0.3 is 9.53 Å². The van der Waals surface area contributed by atoms with Crippen LogP contribution in [0.4, 0.5) is 0 Å². The lowest BCUT2D eigenvalue weighted by molar-refractivity contribution is 0.0790. The number of fused-ring (bicyclic) bond motifs is 1. The van der Waals surface area contributed by atoms with Gasteiger partial charge >= 0.3 is 0 Å². The predicted molar refractivity (Wildman–Crippen MR) is 142 cm³/mol. The Labute approximate surface area is 204 Å². The van der Waals surface area contributed by atoms with Crippen LogP contribution in [0.1, 0.15) is 66.4 Å². The van der Waals surface area contributed by atoms with Gasteiger partial charge in [0.25, 0.3) is 8.32 Å². The number of carbonyl (C=O) groups excluding carboxylic acids is 1. The zero-order valence-corrected chi connectivity index (χ0v) is 22.2. The molecule has 0 aromatic heterocycles. The van der Waals surface area contributed by atoms with Gasteiger partial charge in [0.15, 0.2) is 5.78 Å². The number of carbonyl (C=O) groups is 1. The lowest BCUT2D eigenvalue weighted by Gasteiger charge is -2.43. The molecule has 4 rings (SSSR count). The third kappa shape index (κ3) is 3.98. The molecular weight excluding hydrogens is 436 g/mol. The Bertz CT molecular complexity index is 1140. The number of rotatable bonds is 6. The van der Waals surface area contributed by atoms with Gasteiger partial charge in [0.05, 0.1) is 6.10 Å². The largest absolute Gasteiger partial charge is 0.407 e. The van der Waals surface area contributed by atoms with E-state index in [1.807, 2.05) is 19.9 Å². The lowest BCUT2D eigenvalue weighted by Crippen LogP contribution is -2.66. The number of aliphatic hydroxyl groups excluding tert-OH is 1. The number of hydrogen-bond donors (Lipinski definition) is 1. The third-order valence-corrected chi connectivity index (χ3v) is 12.5. The second-order valence-corrected chi connectivity index (χ2v) is 14.9. The molecule has 0 heterocycles. The van der Waals surface area contributed by atoms with Crippen LogP contribution < -0.4 is 10.4 Å². The molecule has 0 unspecified atom stereocenters. The van der Waals surface area contributed by atoms with Crippen molar-refractivity contribution in [1.82, 2.24) is 0 Å². The Hall–Kier alpha value is -2.53. The second kappa shape index (κ2) is 9.25. The van der Waals surface area contributed by atoms with Crippen LogP contribution in [0.3, 0.4) is 0 Å². The minimum absolute atomic E-state index is 0.0501. The van der Waals surface area contributed by atoms with E-state index in [0.29, 0.717) is 12.2 Å². The molecule has 0 bridgehead atoms. The molecule has 0 radical (unpaired) electrons. The summed E-state index contributed by atoms with van der Waals surface area (Å²) in [6.45, 7) is 13.3. The molecule has 1 aliphatic rings. The Morgan fingerprint density at radius 2 is 1.47 bits per heavy atom. The average molecular weight is 473 g/mol. The van der Waals surface area contributed by atoms with E-state index in [2.05, 4.69) is 88.4 Å². The first-order chi connectivity index (χ1) is 16.1. The van der Waals surface area contributed by atoms with Crippen LogP contribution in [0.15, 0.2) is 66.7 Å². The van der Waals surface area contributed by atoms with Gasteiger partial charge in [0.1, 0.15) is 0 Å².